The molecule has 3 amide bonds. The van der Waals surface area contributed by atoms with Crippen molar-refractivity contribution >= 4 is 23.4 Å². The molecule has 11 heteroatoms. The molecular weight excluding hydrogens is 573 g/mol. The zero-order valence-corrected chi connectivity index (χ0v) is 24.6. The van der Waals surface area contributed by atoms with E-state index in [-0.39, 0.29) is 36.0 Å². The summed E-state index contributed by atoms with van der Waals surface area (Å²) in [6.45, 7) is 1.86. The van der Waals surface area contributed by atoms with Gasteiger partial charge in [-0.2, -0.15) is 13.2 Å². The maximum Gasteiger partial charge on any atom is 0.418 e. The predicted molar refractivity (Wildman–Crippen MR) is 159 cm³/mol. The third-order valence-corrected chi connectivity index (χ3v) is 8.97. The number of para-hydroxylation sites is 1. The molecule has 0 saturated carbocycles. The van der Waals surface area contributed by atoms with Gasteiger partial charge in [-0.1, -0.05) is 54.6 Å². The van der Waals surface area contributed by atoms with Gasteiger partial charge in [0.15, 0.2) is 0 Å². The molecule has 2 fully saturated rings. The van der Waals surface area contributed by atoms with Gasteiger partial charge in [-0.25, -0.2) is 0 Å². The van der Waals surface area contributed by atoms with E-state index in [9.17, 15) is 27.6 Å². The molecule has 5 rings (SSSR count). The summed E-state index contributed by atoms with van der Waals surface area (Å²) in [5.41, 5.74) is -0.884. The topological polar surface area (TPSA) is 99.8 Å². The Labute approximate surface area is 255 Å². The first-order valence-electron chi connectivity index (χ1n) is 15.2. The fraction of sp³-hybridized carbons (Fsp3) is 0.485. The van der Waals surface area contributed by atoms with Gasteiger partial charge >= 0.3 is 6.18 Å². The van der Waals surface area contributed by atoms with Gasteiger partial charge in [-0.05, 0) is 55.7 Å². The number of carbonyl (C=O) groups is 3. The molecule has 0 radical (unpaired) electrons. The maximum absolute atomic E-state index is 13.7. The Morgan fingerprint density at radius 2 is 1.73 bits per heavy atom. The van der Waals surface area contributed by atoms with Crippen molar-refractivity contribution in [1.82, 2.24) is 15.5 Å². The first-order valence-corrected chi connectivity index (χ1v) is 15.2. The van der Waals surface area contributed by atoms with Crippen molar-refractivity contribution in [3.05, 3.63) is 77.9 Å². The summed E-state index contributed by atoms with van der Waals surface area (Å²) in [4.78, 5) is 42.2. The molecular formula is C33H39F3N4O4. The number of fused-ring (bicyclic) bond motifs is 1. The van der Waals surface area contributed by atoms with E-state index < -0.39 is 29.1 Å². The van der Waals surface area contributed by atoms with Crippen LogP contribution in [-0.4, -0.2) is 67.6 Å². The van der Waals surface area contributed by atoms with E-state index in [0.29, 0.717) is 64.8 Å². The number of halogens is 3. The molecule has 0 unspecified atom stereocenters. The van der Waals surface area contributed by atoms with Crippen molar-refractivity contribution < 1.29 is 32.3 Å². The summed E-state index contributed by atoms with van der Waals surface area (Å²) >= 11 is 0. The van der Waals surface area contributed by atoms with Gasteiger partial charge in [-0.15, -0.1) is 0 Å². The minimum absolute atomic E-state index is 0.0302. The van der Waals surface area contributed by atoms with Gasteiger partial charge in [0.2, 0.25) is 17.7 Å². The average molecular weight is 613 g/mol. The minimum Gasteiger partial charge on any atom is -0.381 e. The second-order valence-corrected chi connectivity index (χ2v) is 12.0. The Hall–Kier alpha value is -3.70. The lowest BCUT2D eigenvalue weighted by Gasteiger charge is -2.40. The van der Waals surface area contributed by atoms with Crippen LogP contribution in [0.15, 0.2) is 66.7 Å². The van der Waals surface area contributed by atoms with Gasteiger partial charge in [0.25, 0.3) is 0 Å². The standard InChI is InChI=1S/C33H39F3N4O4/c34-33(35,36)25-11-4-5-12-27(25)37-29(41)22-40-17-13-26-24(21-40)10-6-7-14-32(15-18-44-19-16-32)31(43)39-28(30(42)38-26)20-23-8-2-1-3-9-23/h1-9,11-12,24,26,28H,10,13-22H2,(H,37,41)(H,38,42)(H,39,43)/b7-6+/t24-,26-,28-/m0/s1. The Balaban J connectivity index is 1.31. The van der Waals surface area contributed by atoms with Crippen LogP contribution < -0.4 is 16.0 Å². The molecule has 236 valence electrons. The van der Waals surface area contributed by atoms with E-state index in [1.807, 2.05) is 47.4 Å². The number of rotatable bonds is 5. The van der Waals surface area contributed by atoms with Crippen LogP contribution in [0, 0.1) is 11.3 Å². The van der Waals surface area contributed by atoms with Crippen LogP contribution >= 0.6 is 0 Å². The largest absolute Gasteiger partial charge is 0.418 e. The number of nitrogens with one attached hydrogen (secondary N) is 3. The van der Waals surface area contributed by atoms with Crippen LogP contribution in [0.2, 0.25) is 0 Å². The molecule has 3 aliphatic heterocycles. The smallest absolute Gasteiger partial charge is 0.381 e. The van der Waals surface area contributed by atoms with E-state index in [0.717, 1.165) is 11.6 Å². The van der Waals surface area contributed by atoms with Crippen molar-refractivity contribution in [1.29, 1.82) is 0 Å². The number of anilines is 1. The first kappa shape index (κ1) is 31.7. The molecule has 3 aliphatic rings. The average Bonchev–Trinajstić information content (AvgIpc) is 3.00. The fourth-order valence-corrected chi connectivity index (χ4v) is 6.43. The molecule has 1 spiro atoms. The van der Waals surface area contributed by atoms with Crippen LogP contribution in [-0.2, 0) is 31.7 Å². The van der Waals surface area contributed by atoms with Gasteiger partial charge in [-0.3, -0.25) is 19.3 Å². The van der Waals surface area contributed by atoms with Crippen molar-refractivity contribution in [3.8, 4) is 0 Å². The second kappa shape index (κ2) is 13.9. The van der Waals surface area contributed by atoms with Crippen LogP contribution in [0.5, 0.6) is 0 Å². The fourth-order valence-electron chi connectivity index (χ4n) is 6.43. The molecule has 8 nitrogen and oxygen atoms in total. The number of hydrogen-bond donors (Lipinski definition) is 3. The molecule has 0 bridgehead atoms. The molecule has 2 saturated heterocycles. The lowest BCUT2D eigenvalue weighted by atomic mass is 9.75. The second-order valence-electron chi connectivity index (χ2n) is 12.0. The molecule has 3 atom stereocenters. The molecule has 3 heterocycles. The van der Waals surface area contributed by atoms with Gasteiger partial charge in [0, 0.05) is 38.8 Å². The number of alkyl halides is 3. The van der Waals surface area contributed by atoms with Gasteiger partial charge in [0.1, 0.15) is 6.04 Å². The monoisotopic (exact) mass is 612 g/mol. The van der Waals surface area contributed by atoms with Crippen LogP contribution in [0.3, 0.4) is 0 Å². The number of likely N-dealkylation sites (tertiary alicyclic amines) is 1. The maximum atomic E-state index is 13.7. The van der Waals surface area contributed by atoms with E-state index in [2.05, 4.69) is 16.0 Å². The summed E-state index contributed by atoms with van der Waals surface area (Å²) in [5.74, 6) is -0.942. The quantitative estimate of drug-likeness (QED) is 0.437. The summed E-state index contributed by atoms with van der Waals surface area (Å²) in [6.07, 6.45) is 2.69. The van der Waals surface area contributed by atoms with E-state index in [4.69, 9.17) is 4.74 Å². The highest BCUT2D eigenvalue weighted by Gasteiger charge is 2.42. The lowest BCUT2D eigenvalue weighted by molar-refractivity contribution is -0.140. The van der Waals surface area contributed by atoms with Gasteiger partial charge < -0.3 is 20.7 Å². The number of nitrogens with zero attached hydrogens (tertiary/aromatic N) is 1. The SMILES string of the molecule is O=C(CN1CC[C@@H]2NC(=O)[C@H](Cc3ccccc3)NC(=O)C3(C/C=C/C[C@H]2C1)CCOCC3)Nc1ccccc1C(F)(F)F. The van der Waals surface area contributed by atoms with Crippen molar-refractivity contribution in [3.63, 3.8) is 0 Å². The minimum atomic E-state index is -4.58. The van der Waals surface area contributed by atoms with Gasteiger partial charge in [0.05, 0.1) is 23.2 Å². The molecule has 44 heavy (non-hydrogen) atoms. The number of amides is 3. The van der Waals surface area contributed by atoms with E-state index in [1.165, 1.54) is 18.2 Å². The summed E-state index contributed by atoms with van der Waals surface area (Å²) < 4.78 is 45.8. The van der Waals surface area contributed by atoms with Crippen molar-refractivity contribution in [2.75, 3.05) is 38.2 Å². The summed E-state index contributed by atoms with van der Waals surface area (Å²) in [7, 11) is 0. The molecule has 3 N–H and O–H groups in total. The number of benzene rings is 2. The van der Waals surface area contributed by atoms with Crippen LogP contribution in [0.4, 0.5) is 18.9 Å². The number of allylic oxidation sites excluding steroid dienone is 2. The summed E-state index contributed by atoms with van der Waals surface area (Å²) in [5, 5.41) is 8.70. The molecule has 2 aromatic carbocycles. The Kier molecular flexibility index (Phi) is 10.1. The highest BCUT2D eigenvalue weighted by atomic mass is 19.4. The lowest BCUT2D eigenvalue weighted by Crippen LogP contribution is -2.58. The zero-order valence-electron chi connectivity index (χ0n) is 24.6. The zero-order chi connectivity index (χ0) is 31.2. The van der Waals surface area contributed by atoms with Crippen LogP contribution in [0.1, 0.15) is 43.2 Å². The third kappa shape index (κ3) is 7.87. The summed E-state index contributed by atoms with van der Waals surface area (Å²) in [6, 6.07) is 13.6. The van der Waals surface area contributed by atoms with Crippen LogP contribution in [0.25, 0.3) is 0 Å². The van der Waals surface area contributed by atoms with E-state index >= 15 is 0 Å². The number of ether oxygens (including phenoxy) is 1. The highest BCUT2D eigenvalue weighted by Crippen LogP contribution is 2.36. The normalized spacial score (nSPS) is 25.5. The Morgan fingerprint density at radius 3 is 2.48 bits per heavy atom. The number of carbonyl (C=O) groups excluding carboxylic acids is 3. The Bertz CT molecular complexity index is 1340. The highest BCUT2D eigenvalue weighted by molar-refractivity contribution is 5.93. The first-order chi connectivity index (χ1) is 21.1. The predicted octanol–water partition coefficient (Wildman–Crippen LogP) is 4.32. The number of hydrogen-bond acceptors (Lipinski definition) is 5. The molecule has 0 aliphatic carbocycles. The third-order valence-electron chi connectivity index (χ3n) is 8.97. The number of piperidine rings is 1. The van der Waals surface area contributed by atoms with E-state index in [1.54, 1.807) is 0 Å². The molecule has 2 aromatic rings. The molecule has 0 aromatic heterocycles. The van der Waals surface area contributed by atoms with Crippen molar-refractivity contribution in [2.45, 2.75) is 56.8 Å². The Morgan fingerprint density at radius 1 is 1.00 bits per heavy atom. The van der Waals surface area contributed by atoms with Crippen molar-refractivity contribution in [2.24, 2.45) is 11.3 Å².